The van der Waals surface area contributed by atoms with Gasteiger partial charge in [-0.1, -0.05) is 17.8 Å². The van der Waals surface area contributed by atoms with Gasteiger partial charge in [0.05, 0.1) is 10.6 Å². The van der Waals surface area contributed by atoms with Gasteiger partial charge >= 0.3 is 6.03 Å². The smallest absolute Gasteiger partial charge is 0.318 e. The van der Waals surface area contributed by atoms with Crippen molar-refractivity contribution in [3.05, 3.63) is 33.4 Å². The number of imide groups is 1. The highest BCUT2D eigenvalue weighted by atomic mass is 32.2. The summed E-state index contributed by atoms with van der Waals surface area (Å²) in [7, 11) is 0. The number of aryl methyl sites for hydroxylation is 2. The van der Waals surface area contributed by atoms with Crippen LogP contribution in [0.4, 0.5) is 4.79 Å². The fourth-order valence-electron chi connectivity index (χ4n) is 3.03. The molecule has 2 aromatic rings. The molecular weight excluding hydrogens is 372 g/mol. The van der Waals surface area contributed by atoms with Crippen LogP contribution in [0.2, 0.25) is 0 Å². The molecule has 7 nitrogen and oxygen atoms in total. The van der Waals surface area contributed by atoms with E-state index in [1.165, 1.54) is 9.44 Å². The number of carbonyl (C=O) groups excluding carboxylic acids is 2. The lowest BCUT2D eigenvalue weighted by Crippen LogP contribution is -2.39. The third kappa shape index (κ3) is 3.54. The summed E-state index contributed by atoms with van der Waals surface area (Å²) >= 11 is 2.69. The van der Waals surface area contributed by atoms with Gasteiger partial charge in [-0.2, -0.15) is 0 Å². The average molecular weight is 393 g/mol. The zero-order valence-electron chi connectivity index (χ0n) is 14.4. The van der Waals surface area contributed by atoms with Crippen molar-refractivity contribution in [3.63, 3.8) is 0 Å². The van der Waals surface area contributed by atoms with Crippen LogP contribution in [-0.2, 0) is 24.2 Å². The van der Waals surface area contributed by atoms with Gasteiger partial charge < -0.3 is 5.73 Å². The number of allylic oxidation sites excluding steroid dienone is 1. The molecule has 3 N–H and O–H groups in total. The molecule has 0 bridgehead atoms. The van der Waals surface area contributed by atoms with Crippen LogP contribution < -0.4 is 16.6 Å². The van der Waals surface area contributed by atoms with E-state index in [1.54, 1.807) is 24.3 Å². The molecule has 26 heavy (non-hydrogen) atoms. The number of nitrogens with one attached hydrogen (secondary N) is 1. The SMILES string of the molecule is C=CCn1c(S[C@H](C)C(=O)NC(N)=O)nc2sc3c(c2c1=O)CCCC3. The standard InChI is InChI=1S/C17H20N4O3S2/c1-3-8-21-15(23)12-10-6-4-5-7-11(10)26-14(12)20-17(21)25-9(2)13(22)19-16(18)24/h3,9H,1,4-8H2,2H3,(H3,18,19,22,24)/t9-/m1/s1. The Balaban J connectivity index is 2.05. The molecular formula is C17H20N4O3S2. The number of aromatic nitrogens is 2. The molecule has 2 heterocycles. The molecule has 0 aliphatic heterocycles. The minimum Gasteiger partial charge on any atom is -0.351 e. The monoisotopic (exact) mass is 392 g/mol. The van der Waals surface area contributed by atoms with Gasteiger partial charge in [-0.25, -0.2) is 9.78 Å². The number of rotatable bonds is 5. The van der Waals surface area contributed by atoms with Crippen molar-refractivity contribution in [2.75, 3.05) is 0 Å². The number of nitrogens with two attached hydrogens (primary N) is 1. The Morgan fingerprint density at radius 2 is 2.19 bits per heavy atom. The minimum absolute atomic E-state index is 0.0979. The largest absolute Gasteiger partial charge is 0.351 e. The number of primary amides is 1. The van der Waals surface area contributed by atoms with Crippen LogP contribution in [0, 0.1) is 0 Å². The summed E-state index contributed by atoms with van der Waals surface area (Å²) in [6.07, 6.45) is 5.74. The van der Waals surface area contributed by atoms with Crippen molar-refractivity contribution in [2.45, 2.75) is 49.6 Å². The molecule has 9 heteroatoms. The summed E-state index contributed by atoms with van der Waals surface area (Å²) in [5, 5.41) is 2.56. The van der Waals surface area contributed by atoms with E-state index in [4.69, 9.17) is 5.73 Å². The molecule has 3 rings (SSSR count). The number of nitrogens with zero attached hydrogens (tertiary/aromatic N) is 2. The molecule has 0 fully saturated rings. The van der Waals surface area contributed by atoms with E-state index < -0.39 is 17.2 Å². The Morgan fingerprint density at radius 1 is 1.46 bits per heavy atom. The minimum atomic E-state index is -0.903. The maximum atomic E-state index is 13.1. The summed E-state index contributed by atoms with van der Waals surface area (Å²) in [6, 6.07) is -0.903. The Morgan fingerprint density at radius 3 is 2.88 bits per heavy atom. The summed E-state index contributed by atoms with van der Waals surface area (Å²) < 4.78 is 1.54. The van der Waals surface area contributed by atoms with Crippen LogP contribution in [-0.4, -0.2) is 26.7 Å². The first-order valence-electron chi connectivity index (χ1n) is 8.35. The van der Waals surface area contributed by atoms with Gasteiger partial charge in [-0.05, 0) is 38.2 Å². The number of thioether (sulfide) groups is 1. The molecule has 3 amide bonds. The van der Waals surface area contributed by atoms with Crippen LogP contribution in [0.25, 0.3) is 10.2 Å². The average Bonchev–Trinajstić information content (AvgIpc) is 2.96. The van der Waals surface area contributed by atoms with Gasteiger partial charge in [0.1, 0.15) is 4.83 Å². The normalized spacial score (nSPS) is 14.7. The Hall–Kier alpha value is -2.13. The first-order valence-corrected chi connectivity index (χ1v) is 10.0. The van der Waals surface area contributed by atoms with E-state index in [1.807, 2.05) is 0 Å². The van der Waals surface area contributed by atoms with Crippen LogP contribution in [0.1, 0.15) is 30.2 Å². The number of carbonyl (C=O) groups is 2. The maximum Gasteiger partial charge on any atom is 0.318 e. The Bertz CT molecular complexity index is 948. The van der Waals surface area contributed by atoms with Gasteiger partial charge in [0.2, 0.25) is 5.91 Å². The molecule has 138 valence electrons. The van der Waals surface area contributed by atoms with Crippen molar-refractivity contribution >= 4 is 45.3 Å². The molecule has 2 aromatic heterocycles. The van der Waals surface area contributed by atoms with Gasteiger partial charge in [-0.3, -0.25) is 19.5 Å². The molecule has 1 aliphatic carbocycles. The quantitative estimate of drug-likeness (QED) is 0.461. The van der Waals surface area contributed by atoms with Crippen LogP contribution in [0.15, 0.2) is 22.6 Å². The van der Waals surface area contributed by atoms with Crippen LogP contribution in [0.3, 0.4) is 0 Å². The summed E-state index contributed by atoms with van der Waals surface area (Å²) in [5.41, 5.74) is 6.02. The second-order valence-corrected chi connectivity index (χ2v) is 8.50. The topological polar surface area (TPSA) is 107 Å². The number of hydrogen-bond acceptors (Lipinski definition) is 6. The fourth-order valence-corrected chi connectivity index (χ4v) is 5.26. The van der Waals surface area contributed by atoms with Gasteiger partial charge in [0, 0.05) is 11.4 Å². The predicted molar refractivity (Wildman–Crippen MR) is 104 cm³/mol. The summed E-state index contributed by atoms with van der Waals surface area (Å²) in [5.74, 6) is -0.521. The number of urea groups is 1. The first kappa shape index (κ1) is 18.7. The van der Waals surface area contributed by atoms with Crippen LogP contribution >= 0.6 is 23.1 Å². The molecule has 0 spiro atoms. The highest BCUT2D eigenvalue weighted by Crippen LogP contribution is 2.35. The van der Waals surface area contributed by atoms with Gasteiger partial charge in [0.25, 0.3) is 5.56 Å². The zero-order valence-corrected chi connectivity index (χ0v) is 16.0. The van der Waals surface area contributed by atoms with E-state index in [9.17, 15) is 14.4 Å². The van der Waals surface area contributed by atoms with Gasteiger partial charge in [0.15, 0.2) is 5.16 Å². The molecule has 0 aromatic carbocycles. The lowest BCUT2D eigenvalue weighted by atomic mass is 9.97. The van der Waals surface area contributed by atoms with Crippen molar-refractivity contribution in [3.8, 4) is 0 Å². The predicted octanol–water partition coefficient (Wildman–Crippen LogP) is 2.20. The number of amides is 3. The van der Waals surface area contributed by atoms with Crippen molar-refractivity contribution in [2.24, 2.45) is 5.73 Å². The summed E-state index contributed by atoms with van der Waals surface area (Å²) in [6.45, 7) is 5.65. The molecule has 0 saturated heterocycles. The Labute approximate surface area is 158 Å². The second-order valence-electron chi connectivity index (χ2n) is 6.10. The maximum absolute atomic E-state index is 13.1. The lowest BCUT2D eigenvalue weighted by molar-refractivity contribution is -0.119. The van der Waals surface area contributed by atoms with E-state index in [-0.39, 0.29) is 5.56 Å². The fraction of sp³-hybridized carbons (Fsp3) is 0.412. The first-order chi connectivity index (χ1) is 12.4. The molecule has 1 atom stereocenters. The van der Waals surface area contributed by atoms with Crippen molar-refractivity contribution in [1.29, 1.82) is 0 Å². The number of thiophene rings is 1. The van der Waals surface area contributed by atoms with E-state index in [0.717, 1.165) is 43.0 Å². The molecule has 0 radical (unpaired) electrons. The Kier molecular flexibility index (Phi) is 5.47. The lowest BCUT2D eigenvalue weighted by Gasteiger charge is -2.14. The number of hydrogen-bond donors (Lipinski definition) is 2. The van der Waals surface area contributed by atoms with E-state index in [2.05, 4.69) is 16.9 Å². The highest BCUT2D eigenvalue weighted by molar-refractivity contribution is 8.00. The third-order valence-corrected chi connectivity index (χ3v) is 6.53. The van der Waals surface area contributed by atoms with E-state index in [0.29, 0.717) is 21.9 Å². The zero-order chi connectivity index (χ0) is 18.8. The van der Waals surface area contributed by atoms with Crippen molar-refractivity contribution < 1.29 is 9.59 Å². The molecule has 1 aliphatic rings. The van der Waals surface area contributed by atoms with Crippen molar-refractivity contribution in [1.82, 2.24) is 14.9 Å². The van der Waals surface area contributed by atoms with Gasteiger partial charge in [-0.15, -0.1) is 17.9 Å². The second kappa shape index (κ2) is 7.63. The highest BCUT2D eigenvalue weighted by Gasteiger charge is 2.24. The molecule has 0 saturated carbocycles. The third-order valence-electron chi connectivity index (χ3n) is 4.25. The van der Waals surface area contributed by atoms with E-state index >= 15 is 0 Å². The number of fused-ring (bicyclic) bond motifs is 3. The molecule has 0 unspecified atom stereocenters. The summed E-state index contributed by atoms with van der Waals surface area (Å²) in [4.78, 5) is 42.6. The van der Waals surface area contributed by atoms with Crippen LogP contribution in [0.5, 0.6) is 0 Å².